The van der Waals surface area contributed by atoms with E-state index in [1.807, 2.05) is 17.5 Å². The number of amides is 1. The van der Waals surface area contributed by atoms with Gasteiger partial charge < -0.3 is 5.32 Å². The van der Waals surface area contributed by atoms with E-state index in [2.05, 4.69) is 14.9 Å². The molecule has 0 aliphatic rings. The monoisotopic (exact) mass is 349 g/mol. The third kappa shape index (κ3) is 3.44. The Balaban J connectivity index is 1.76. The number of anilines is 1. The smallest absolute Gasteiger partial charge is 0.255 e. The summed E-state index contributed by atoms with van der Waals surface area (Å²) < 4.78 is 3.82. The Hall–Kier alpha value is -1.95. The van der Waals surface area contributed by atoms with Crippen molar-refractivity contribution in [3.63, 3.8) is 0 Å². The molecule has 2 aromatic carbocycles. The molecular formula is C15H9Cl2N3OS. The van der Waals surface area contributed by atoms with Crippen LogP contribution in [-0.4, -0.2) is 15.5 Å². The number of rotatable bonds is 3. The van der Waals surface area contributed by atoms with Crippen molar-refractivity contribution in [1.29, 1.82) is 0 Å². The van der Waals surface area contributed by atoms with Gasteiger partial charge >= 0.3 is 0 Å². The topological polar surface area (TPSA) is 54.9 Å². The molecule has 0 bridgehead atoms. The SMILES string of the molecule is O=C(Nc1ccc(-c2csnn2)cc1)c1cc(Cl)cc(Cl)c1. The van der Waals surface area contributed by atoms with Gasteiger partial charge in [-0.25, -0.2) is 0 Å². The van der Waals surface area contributed by atoms with Crippen LogP contribution in [0.2, 0.25) is 10.0 Å². The molecule has 0 aliphatic carbocycles. The van der Waals surface area contributed by atoms with Gasteiger partial charge in [-0.3, -0.25) is 4.79 Å². The number of nitrogens with one attached hydrogen (secondary N) is 1. The van der Waals surface area contributed by atoms with Gasteiger partial charge in [-0.15, -0.1) is 5.10 Å². The molecule has 1 N–H and O–H groups in total. The van der Waals surface area contributed by atoms with Gasteiger partial charge in [-0.1, -0.05) is 39.8 Å². The molecule has 0 spiro atoms. The van der Waals surface area contributed by atoms with Gasteiger partial charge in [0, 0.05) is 32.2 Å². The van der Waals surface area contributed by atoms with E-state index in [9.17, 15) is 4.79 Å². The predicted molar refractivity (Wildman–Crippen MR) is 89.8 cm³/mol. The molecule has 4 nitrogen and oxygen atoms in total. The second kappa shape index (κ2) is 6.44. The molecule has 0 atom stereocenters. The molecule has 0 fully saturated rings. The minimum Gasteiger partial charge on any atom is -0.322 e. The van der Waals surface area contributed by atoms with Gasteiger partial charge in [0.15, 0.2) is 0 Å². The molecule has 3 rings (SSSR count). The van der Waals surface area contributed by atoms with E-state index < -0.39 is 0 Å². The zero-order valence-corrected chi connectivity index (χ0v) is 13.4. The molecule has 3 aromatic rings. The van der Waals surface area contributed by atoms with E-state index in [-0.39, 0.29) is 5.91 Å². The normalized spacial score (nSPS) is 10.5. The van der Waals surface area contributed by atoms with Crippen LogP contribution in [0.1, 0.15) is 10.4 Å². The molecule has 7 heteroatoms. The number of hydrogen-bond acceptors (Lipinski definition) is 4. The van der Waals surface area contributed by atoms with E-state index in [0.29, 0.717) is 21.3 Å². The van der Waals surface area contributed by atoms with Crippen LogP contribution in [-0.2, 0) is 0 Å². The van der Waals surface area contributed by atoms with Crippen LogP contribution in [0.5, 0.6) is 0 Å². The lowest BCUT2D eigenvalue weighted by Gasteiger charge is -2.07. The Morgan fingerprint density at radius 1 is 1.05 bits per heavy atom. The molecule has 0 aliphatic heterocycles. The predicted octanol–water partition coefficient (Wildman–Crippen LogP) is 4.76. The third-order valence-electron chi connectivity index (χ3n) is 2.92. The van der Waals surface area contributed by atoms with Crippen LogP contribution in [0.4, 0.5) is 5.69 Å². The van der Waals surface area contributed by atoms with Crippen molar-refractivity contribution in [3.8, 4) is 11.3 Å². The van der Waals surface area contributed by atoms with Crippen LogP contribution in [0, 0.1) is 0 Å². The summed E-state index contributed by atoms with van der Waals surface area (Å²) >= 11 is 13.1. The highest BCUT2D eigenvalue weighted by Crippen LogP contribution is 2.22. The molecule has 1 amide bonds. The van der Waals surface area contributed by atoms with Crippen molar-refractivity contribution >= 4 is 46.3 Å². The third-order valence-corrected chi connectivity index (χ3v) is 3.86. The van der Waals surface area contributed by atoms with E-state index in [4.69, 9.17) is 23.2 Å². The maximum atomic E-state index is 12.2. The summed E-state index contributed by atoms with van der Waals surface area (Å²) in [4.78, 5) is 12.2. The summed E-state index contributed by atoms with van der Waals surface area (Å²) in [6.45, 7) is 0. The summed E-state index contributed by atoms with van der Waals surface area (Å²) in [5.41, 5.74) is 2.83. The van der Waals surface area contributed by atoms with E-state index >= 15 is 0 Å². The van der Waals surface area contributed by atoms with Gasteiger partial charge in [0.05, 0.1) is 0 Å². The summed E-state index contributed by atoms with van der Waals surface area (Å²) in [6.07, 6.45) is 0. The van der Waals surface area contributed by atoms with Crippen molar-refractivity contribution in [2.45, 2.75) is 0 Å². The minimum atomic E-state index is -0.271. The van der Waals surface area contributed by atoms with E-state index in [1.165, 1.54) is 11.5 Å². The highest BCUT2D eigenvalue weighted by molar-refractivity contribution is 7.03. The number of carbonyl (C=O) groups is 1. The maximum absolute atomic E-state index is 12.2. The molecule has 0 radical (unpaired) electrons. The molecule has 0 saturated carbocycles. The Kier molecular flexibility index (Phi) is 4.38. The Morgan fingerprint density at radius 3 is 2.32 bits per heavy atom. The highest BCUT2D eigenvalue weighted by Gasteiger charge is 2.09. The second-order valence-corrected chi connectivity index (χ2v) is 5.96. The fraction of sp³-hybridized carbons (Fsp3) is 0. The summed E-state index contributed by atoms with van der Waals surface area (Å²) in [5.74, 6) is -0.271. The number of halogens is 2. The van der Waals surface area contributed by atoms with E-state index in [1.54, 1.807) is 30.3 Å². The number of benzene rings is 2. The first-order chi connectivity index (χ1) is 10.6. The standard InChI is InChI=1S/C15H9Cl2N3OS/c16-11-5-10(6-12(17)7-11)15(21)18-13-3-1-9(2-4-13)14-8-22-20-19-14/h1-8H,(H,18,21). The molecule has 1 aromatic heterocycles. The second-order valence-electron chi connectivity index (χ2n) is 4.48. The van der Waals surface area contributed by atoms with Crippen LogP contribution in [0.25, 0.3) is 11.3 Å². The van der Waals surface area contributed by atoms with Gasteiger partial charge in [0.2, 0.25) is 0 Å². The average molecular weight is 350 g/mol. The Labute approximate surface area is 140 Å². The van der Waals surface area contributed by atoms with Gasteiger partial charge in [-0.05, 0) is 41.9 Å². The fourth-order valence-electron chi connectivity index (χ4n) is 1.90. The fourth-order valence-corrected chi connectivity index (χ4v) is 2.89. The summed E-state index contributed by atoms with van der Waals surface area (Å²) in [6, 6.07) is 12.1. The van der Waals surface area contributed by atoms with Crippen molar-refractivity contribution in [2.24, 2.45) is 0 Å². The van der Waals surface area contributed by atoms with Crippen molar-refractivity contribution in [3.05, 3.63) is 63.5 Å². The van der Waals surface area contributed by atoms with E-state index in [0.717, 1.165) is 11.3 Å². The van der Waals surface area contributed by atoms with Crippen molar-refractivity contribution < 1.29 is 4.79 Å². The molecule has 110 valence electrons. The van der Waals surface area contributed by atoms with Gasteiger partial charge in [0.1, 0.15) is 5.69 Å². The first-order valence-electron chi connectivity index (χ1n) is 6.27. The first kappa shape index (κ1) is 15.0. The lowest BCUT2D eigenvalue weighted by molar-refractivity contribution is 0.102. The van der Waals surface area contributed by atoms with Crippen LogP contribution < -0.4 is 5.32 Å². The first-order valence-corrected chi connectivity index (χ1v) is 7.86. The lowest BCUT2D eigenvalue weighted by atomic mass is 10.1. The minimum absolute atomic E-state index is 0.271. The number of nitrogens with zero attached hydrogens (tertiary/aromatic N) is 2. The summed E-state index contributed by atoms with van der Waals surface area (Å²) in [5, 5.41) is 9.49. The quantitative estimate of drug-likeness (QED) is 0.741. The maximum Gasteiger partial charge on any atom is 0.255 e. The molecule has 1 heterocycles. The van der Waals surface area contributed by atoms with Gasteiger partial charge in [-0.2, -0.15) is 0 Å². The van der Waals surface area contributed by atoms with Gasteiger partial charge in [0.25, 0.3) is 5.91 Å². The van der Waals surface area contributed by atoms with Crippen LogP contribution in [0.3, 0.4) is 0 Å². The molecular weight excluding hydrogens is 341 g/mol. The van der Waals surface area contributed by atoms with Crippen molar-refractivity contribution in [1.82, 2.24) is 9.59 Å². The van der Waals surface area contributed by atoms with Crippen LogP contribution in [0.15, 0.2) is 47.8 Å². The number of aromatic nitrogens is 2. The van der Waals surface area contributed by atoms with Crippen LogP contribution >= 0.6 is 34.7 Å². The Bertz CT molecular complexity index is 784. The average Bonchev–Trinajstić information content (AvgIpc) is 3.01. The molecule has 0 saturated heterocycles. The largest absolute Gasteiger partial charge is 0.322 e. The van der Waals surface area contributed by atoms with Crippen molar-refractivity contribution in [2.75, 3.05) is 5.32 Å². The molecule has 0 unspecified atom stereocenters. The zero-order valence-electron chi connectivity index (χ0n) is 11.1. The molecule has 22 heavy (non-hydrogen) atoms. The number of hydrogen-bond donors (Lipinski definition) is 1. The lowest BCUT2D eigenvalue weighted by Crippen LogP contribution is -2.11. The zero-order chi connectivity index (χ0) is 15.5. The highest BCUT2D eigenvalue weighted by atomic mass is 35.5. The Morgan fingerprint density at radius 2 is 1.73 bits per heavy atom. The summed E-state index contributed by atoms with van der Waals surface area (Å²) in [7, 11) is 0. The number of carbonyl (C=O) groups excluding carboxylic acids is 1.